The predicted octanol–water partition coefficient (Wildman–Crippen LogP) is 2.94. The van der Waals surface area contributed by atoms with Gasteiger partial charge in [-0.15, -0.1) is 0 Å². The zero-order valence-corrected chi connectivity index (χ0v) is 10.2. The SMILES string of the molecule is CCSCCCNc1ccccc1C(=O)O. The molecule has 88 valence electrons. The highest BCUT2D eigenvalue weighted by Crippen LogP contribution is 2.14. The minimum Gasteiger partial charge on any atom is -0.478 e. The first-order chi connectivity index (χ1) is 7.75. The van der Waals surface area contributed by atoms with Gasteiger partial charge in [0.15, 0.2) is 0 Å². The number of nitrogens with one attached hydrogen (secondary N) is 1. The molecule has 0 fully saturated rings. The number of para-hydroxylation sites is 1. The fourth-order valence-corrected chi connectivity index (χ4v) is 2.00. The summed E-state index contributed by atoms with van der Waals surface area (Å²) in [6.45, 7) is 2.95. The van der Waals surface area contributed by atoms with E-state index in [2.05, 4.69) is 12.2 Å². The highest BCUT2D eigenvalue weighted by atomic mass is 32.2. The molecule has 0 aliphatic heterocycles. The van der Waals surface area contributed by atoms with Crippen molar-refractivity contribution < 1.29 is 9.90 Å². The quantitative estimate of drug-likeness (QED) is 0.718. The third-order valence-electron chi connectivity index (χ3n) is 2.14. The van der Waals surface area contributed by atoms with E-state index in [1.165, 1.54) is 0 Å². The summed E-state index contributed by atoms with van der Waals surface area (Å²) in [4.78, 5) is 10.9. The van der Waals surface area contributed by atoms with Gasteiger partial charge in [-0.2, -0.15) is 11.8 Å². The van der Waals surface area contributed by atoms with Gasteiger partial charge in [0.1, 0.15) is 0 Å². The summed E-state index contributed by atoms with van der Waals surface area (Å²) in [5, 5.41) is 12.1. The van der Waals surface area contributed by atoms with E-state index >= 15 is 0 Å². The number of thioether (sulfide) groups is 1. The third kappa shape index (κ3) is 4.14. The topological polar surface area (TPSA) is 49.3 Å². The van der Waals surface area contributed by atoms with Crippen LogP contribution in [0.2, 0.25) is 0 Å². The van der Waals surface area contributed by atoms with Crippen molar-refractivity contribution in [3.05, 3.63) is 29.8 Å². The largest absolute Gasteiger partial charge is 0.478 e. The van der Waals surface area contributed by atoms with Crippen molar-refractivity contribution in [1.82, 2.24) is 0 Å². The molecule has 0 amide bonds. The van der Waals surface area contributed by atoms with Gasteiger partial charge in [0.25, 0.3) is 0 Å². The summed E-state index contributed by atoms with van der Waals surface area (Å²) in [5.41, 5.74) is 1.04. The minimum absolute atomic E-state index is 0.339. The smallest absolute Gasteiger partial charge is 0.337 e. The molecule has 0 radical (unpaired) electrons. The third-order valence-corrected chi connectivity index (χ3v) is 3.13. The van der Waals surface area contributed by atoms with Crippen molar-refractivity contribution in [2.75, 3.05) is 23.4 Å². The molecule has 0 unspecified atom stereocenters. The van der Waals surface area contributed by atoms with E-state index in [4.69, 9.17) is 5.11 Å². The first-order valence-corrected chi connectivity index (χ1v) is 6.55. The number of rotatable bonds is 7. The number of anilines is 1. The molecule has 0 heterocycles. The van der Waals surface area contributed by atoms with E-state index in [0.29, 0.717) is 11.3 Å². The molecule has 2 N–H and O–H groups in total. The predicted molar refractivity (Wildman–Crippen MR) is 69.5 cm³/mol. The summed E-state index contributed by atoms with van der Waals surface area (Å²) in [5.74, 6) is 1.36. The highest BCUT2D eigenvalue weighted by molar-refractivity contribution is 7.99. The Labute approximate surface area is 100 Å². The van der Waals surface area contributed by atoms with Crippen LogP contribution in [0, 0.1) is 0 Å². The monoisotopic (exact) mass is 239 g/mol. The van der Waals surface area contributed by atoms with Crippen LogP contribution in [0.4, 0.5) is 5.69 Å². The van der Waals surface area contributed by atoms with Gasteiger partial charge in [-0.05, 0) is 30.1 Å². The number of carboxylic acid groups (broad SMARTS) is 1. The lowest BCUT2D eigenvalue weighted by Gasteiger charge is -2.08. The van der Waals surface area contributed by atoms with Gasteiger partial charge in [-0.1, -0.05) is 19.1 Å². The highest BCUT2D eigenvalue weighted by Gasteiger charge is 2.07. The van der Waals surface area contributed by atoms with Crippen molar-refractivity contribution in [2.45, 2.75) is 13.3 Å². The number of hydrogen-bond acceptors (Lipinski definition) is 3. The minimum atomic E-state index is -0.883. The molecular weight excluding hydrogens is 222 g/mol. The maximum Gasteiger partial charge on any atom is 0.337 e. The van der Waals surface area contributed by atoms with Gasteiger partial charge >= 0.3 is 5.97 Å². The van der Waals surface area contributed by atoms with Crippen LogP contribution in [0.1, 0.15) is 23.7 Å². The van der Waals surface area contributed by atoms with Crippen LogP contribution in [-0.4, -0.2) is 29.1 Å². The van der Waals surface area contributed by atoms with Crippen molar-refractivity contribution in [3.63, 3.8) is 0 Å². The lowest BCUT2D eigenvalue weighted by molar-refractivity contribution is 0.0698. The van der Waals surface area contributed by atoms with Gasteiger partial charge in [-0.25, -0.2) is 4.79 Å². The van der Waals surface area contributed by atoms with E-state index in [1.807, 2.05) is 17.8 Å². The normalized spacial score (nSPS) is 10.1. The zero-order chi connectivity index (χ0) is 11.8. The second-order valence-electron chi connectivity index (χ2n) is 3.33. The molecule has 16 heavy (non-hydrogen) atoms. The van der Waals surface area contributed by atoms with Crippen molar-refractivity contribution in [2.24, 2.45) is 0 Å². The Morgan fingerprint density at radius 2 is 2.19 bits per heavy atom. The van der Waals surface area contributed by atoms with Crippen LogP contribution in [0.5, 0.6) is 0 Å². The number of carbonyl (C=O) groups is 1. The molecule has 1 aromatic rings. The van der Waals surface area contributed by atoms with Crippen LogP contribution in [0.25, 0.3) is 0 Å². The Morgan fingerprint density at radius 3 is 2.88 bits per heavy atom. The molecule has 0 aromatic heterocycles. The Hall–Kier alpha value is -1.16. The number of hydrogen-bond donors (Lipinski definition) is 2. The van der Waals surface area contributed by atoms with Crippen molar-refractivity contribution in [1.29, 1.82) is 0 Å². The maximum absolute atomic E-state index is 10.9. The first kappa shape index (κ1) is 12.9. The Balaban J connectivity index is 2.44. The lowest BCUT2D eigenvalue weighted by atomic mass is 10.2. The standard InChI is InChI=1S/C12H17NO2S/c1-2-16-9-5-8-13-11-7-4-3-6-10(11)12(14)15/h3-4,6-7,13H,2,5,8-9H2,1H3,(H,14,15). The van der Waals surface area contributed by atoms with Crippen LogP contribution in [-0.2, 0) is 0 Å². The van der Waals surface area contributed by atoms with Crippen LogP contribution < -0.4 is 5.32 Å². The summed E-state index contributed by atoms with van der Waals surface area (Å²) >= 11 is 1.90. The van der Waals surface area contributed by atoms with Crippen LogP contribution in [0.3, 0.4) is 0 Å². The molecule has 0 spiro atoms. The Kier molecular flexibility index (Phi) is 5.78. The zero-order valence-electron chi connectivity index (χ0n) is 9.40. The fraction of sp³-hybridized carbons (Fsp3) is 0.417. The molecule has 0 aliphatic rings. The fourth-order valence-electron chi connectivity index (χ4n) is 1.37. The molecular formula is C12H17NO2S. The molecule has 0 bridgehead atoms. The summed E-state index contributed by atoms with van der Waals surface area (Å²) in [6.07, 6.45) is 1.05. The average molecular weight is 239 g/mol. The molecule has 0 aliphatic carbocycles. The summed E-state index contributed by atoms with van der Waals surface area (Å²) < 4.78 is 0. The molecule has 0 atom stereocenters. The van der Waals surface area contributed by atoms with Gasteiger partial charge in [0.05, 0.1) is 5.56 Å². The Bertz CT molecular complexity index is 342. The summed E-state index contributed by atoms with van der Waals surface area (Å²) in [7, 11) is 0. The molecule has 1 aromatic carbocycles. The van der Waals surface area contributed by atoms with Crippen LogP contribution >= 0.6 is 11.8 Å². The van der Waals surface area contributed by atoms with Gasteiger partial charge in [0, 0.05) is 12.2 Å². The molecule has 0 saturated carbocycles. The van der Waals surface area contributed by atoms with E-state index in [-0.39, 0.29) is 0 Å². The average Bonchev–Trinajstić information content (AvgIpc) is 2.29. The molecule has 3 nitrogen and oxygen atoms in total. The second-order valence-corrected chi connectivity index (χ2v) is 4.72. The van der Waals surface area contributed by atoms with Crippen molar-refractivity contribution in [3.8, 4) is 0 Å². The van der Waals surface area contributed by atoms with E-state index < -0.39 is 5.97 Å². The number of aromatic carboxylic acids is 1. The maximum atomic E-state index is 10.9. The Morgan fingerprint density at radius 1 is 1.44 bits per heavy atom. The van der Waals surface area contributed by atoms with Gasteiger partial charge < -0.3 is 10.4 Å². The number of carboxylic acids is 1. The number of benzene rings is 1. The molecule has 1 rings (SSSR count). The van der Waals surface area contributed by atoms with Crippen LogP contribution in [0.15, 0.2) is 24.3 Å². The summed E-state index contributed by atoms with van der Waals surface area (Å²) in [6, 6.07) is 7.00. The van der Waals surface area contributed by atoms with E-state index in [0.717, 1.165) is 24.5 Å². The molecule has 4 heteroatoms. The van der Waals surface area contributed by atoms with Crippen molar-refractivity contribution >= 4 is 23.4 Å². The second kappa shape index (κ2) is 7.17. The first-order valence-electron chi connectivity index (χ1n) is 5.39. The van der Waals surface area contributed by atoms with E-state index in [1.54, 1.807) is 18.2 Å². The van der Waals surface area contributed by atoms with Gasteiger partial charge in [-0.3, -0.25) is 0 Å². The lowest BCUT2D eigenvalue weighted by Crippen LogP contribution is -2.08. The van der Waals surface area contributed by atoms with Gasteiger partial charge in [0.2, 0.25) is 0 Å². The molecule has 0 saturated heterocycles. The van der Waals surface area contributed by atoms with E-state index in [9.17, 15) is 4.79 Å².